The van der Waals surface area contributed by atoms with Crippen LogP contribution in [0.2, 0.25) is 0 Å². The molecule has 2 N–H and O–H groups in total. The first kappa shape index (κ1) is 21.2. The molecule has 158 valence electrons. The Morgan fingerprint density at radius 2 is 1.75 bits per heavy atom. The van der Waals surface area contributed by atoms with Crippen molar-refractivity contribution in [2.45, 2.75) is 18.5 Å². The number of nitrogens with zero attached hydrogens (tertiary/aromatic N) is 4. The van der Waals surface area contributed by atoms with E-state index in [1.807, 2.05) is 54.7 Å². The highest BCUT2D eigenvalue weighted by atomic mass is 16.5. The Morgan fingerprint density at radius 1 is 1.06 bits per heavy atom. The van der Waals surface area contributed by atoms with E-state index in [9.17, 15) is 15.8 Å². The maximum Gasteiger partial charge on any atom is 0.170 e. The predicted molar refractivity (Wildman–Crippen MR) is 119 cm³/mol. The summed E-state index contributed by atoms with van der Waals surface area (Å²) in [6.45, 7) is 1.26. The number of methoxy groups -OCH3 is 1. The molecular weight excluding hydrogens is 398 g/mol. The van der Waals surface area contributed by atoms with E-state index in [2.05, 4.69) is 35.2 Å². The molecule has 0 radical (unpaired) electrons. The van der Waals surface area contributed by atoms with Crippen LogP contribution in [0.4, 0.5) is 0 Å². The number of hydrogen-bond donors (Lipinski definition) is 1. The lowest BCUT2D eigenvalue weighted by atomic mass is 9.56. The number of fused-ring (bicyclic) bond motifs is 1. The van der Waals surface area contributed by atoms with E-state index in [1.165, 1.54) is 0 Å². The molecule has 0 aromatic heterocycles. The van der Waals surface area contributed by atoms with Gasteiger partial charge in [0.15, 0.2) is 5.41 Å². The van der Waals surface area contributed by atoms with E-state index in [0.717, 1.165) is 16.7 Å². The molecule has 0 amide bonds. The Balaban J connectivity index is 1.83. The zero-order valence-electron chi connectivity index (χ0n) is 17.8. The first-order valence-corrected chi connectivity index (χ1v) is 10.4. The summed E-state index contributed by atoms with van der Waals surface area (Å²) in [5, 5.41) is 30.3. The van der Waals surface area contributed by atoms with Crippen LogP contribution in [0.5, 0.6) is 5.75 Å². The summed E-state index contributed by atoms with van der Waals surface area (Å²) in [5.41, 5.74) is 8.00. The summed E-state index contributed by atoms with van der Waals surface area (Å²) in [6, 6.07) is 23.1. The lowest BCUT2D eigenvalue weighted by Gasteiger charge is -2.47. The third-order valence-corrected chi connectivity index (χ3v) is 6.49. The smallest absolute Gasteiger partial charge is 0.170 e. The van der Waals surface area contributed by atoms with Crippen molar-refractivity contribution in [3.63, 3.8) is 0 Å². The third kappa shape index (κ3) is 3.40. The second-order valence-corrected chi connectivity index (χ2v) is 8.14. The molecule has 1 heterocycles. The zero-order chi connectivity index (χ0) is 22.7. The molecule has 0 fully saturated rings. The van der Waals surface area contributed by atoms with Crippen LogP contribution in [0.1, 0.15) is 17.0 Å². The van der Waals surface area contributed by atoms with Gasteiger partial charge in [0.2, 0.25) is 0 Å². The minimum Gasteiger partial charge on any atom is -0.497 e. The van der Waals surface area contributed by atoms with Crippen molar-refractivity contribution in [1.29, 1.82) is 15.8 Å². The van der Waals surface area contributed by atoms with E-state index in [0.29, 0.717) is 24.4 Å². The van der Waals surface area contributed by atoms with Crippen LogP contribution in [-0.4, -0.2) is 24.6 Å². The Hall–Kier alpha value is -4.05. The van der Waals surface area contributed by atoms with Crippen LogP contribution in [0.3, 0.4) is 0 Å². The fraction of sp³-hybridized carbons (Fsp3) is 0.269. The average molecular weight is 422 g/mol. The Bertz CT molecular complexity index is 1160. The summed E-state index contributed by atoms with van der Waals surface area (Å²) < 4.78 is 5.28. The molecule has 6 heteroatoms. The van der Waals surface area contributed by atoms with Crippen molar-refractivity contribution in [2.75, 3.05) is 13.7 Å². The quantitative estimate of drug-likeness (QED) is 0.807. The van der Waals surface area contributed by atoms with Crippen LogP contribution in [0.25, 0.3) is 0 Å². The van der Waals surface area contributed by atoms with Crippen LogP contribution < -0.4 is 10.5 Å². The summed E-state index contributed by atoms with van der Waals surface area (Å²) >= 11 is 0. The van der Waals surface area contributed by atoms with Crippen molar-refractivity contribution in [2.24, 2.45) is 17.1 Å². The summed E-state index contributed by atoms with van der Waals surface area (Å²) in [7, 11) is 1.59. The molecule has 0 saturated carbocycles. The maximum atomic E-state index is 10.2. The van der Waals surface area contributed by atoms with E-state index >= 15 is 0 Å². The second kappa shape index (κ2) is 8.60. The fourth-order valence-corrected chi connectivity index (χ4v) is 4.89. The Morgan fingerprint density at radius 3 is 2.34 bits per heavy atom. The molecule has 0 unspecified atom stereocenters. The van der Waals surface area contributed by atoms with Gasteiger partial charge >= 0.3 is 0 Å². The van der Waals surface area contributed by atoms with Gasteiger partial charge in [0.25, 0.3) is 0 Å². The van der Waals surface area contributed by atoms with Crippen LogP contribution in [0, 0.1) is 45.3 Å². The number of benzene rings is 2. The van der Waals surface area contributed by atoms with Crippen molar-refractivity contribution in [3.05, 3.63) is 89.1 Å². The standard InChI is InChI=1S/C26H23N5O/c1-32-20-9-7-19(8-10-20)24-23-15-31(14-18-5-3-2-4-6-18)12-11-21(23)22(13-27)25(30)26(24,16-28)17-29/h2-12,23-25H,14-15,30H2,1H3/t23-,24+,25-/m0/s1. The molecule has 3 atom stereocenters. The number of allylic oxidation sites excluding steroid dienone is 1. The van der Waals surface area contributed by atoms with Gasteiger partial charge in [0.05, 0.1) is 36.9 Å². The highest BCUT2D eigenvalue weighted by Gasteiger charge is 2.56. The van der Waals surface area contributed by atoms with Crippen molar-refractivity contribution in [1.82, 2.24) is 4.90 Å². The number of nitrogens with two attached hydrogens (primary N) is 1. The van der Waals surface area contributed by atoms with Gasteiger partial charge in [-0.05, 0) is 41.1 Å². The van der Waals surface area contributed by atoms with E-state index in [4.69, 9.17) is 10.5 Å². The van der Waals surface area contributed by atoms with Crippen LogP contribution in [-0.2, 0) is 6.54 Å². The highest BCUT2D eigenvalue weighted by Crippen LogP contribution is 2.53. The largest absolute Gasteiger partial charge is 0.497 e. The summed E-state index contributed by atoms with van der Waals surface area (Å²) in [5.74, 6) is -0.0318. The SMILES string of the molecule is COc1ccc([C@@H]2[C@H]3CN(Cc4ccccc4)C=CC3=C(C#N)[C@H](N)C2(C#N)C#N)cc1. The van der Waals surface area contributed by atoms with E-state index in [-0.39, 0.29) is 5.92 Å². The molecule has 4 rings (SSSR count). The third-order valence-electron chi connectivity index (χ3n) is 6.49. The molecule has 1 aliphatic heterocycles. The normalized spacial score (nSPS) is 23.5. The van der Waals surface area contributed by atoms with Gasteiger partial charge in [-0.2, -0.15) is 15.8 Å². The van der Waals surface area contributed by atoms with Crippen molar-refractivity contribution < 1.29 is 4.74 Å². The highest BCUT2D eigenvalue weighted by molar-refractivity contribution is 5.54. The number of rotatable bonds is 4. The molecule has 2 aromatic carbocycles. The Labute approximate surface area is 188 Å². The number of ether oxygens (including phenoxy) is 1. The summed E-state index contributed by atoms with van der Waals surface area (Å²) in [4.78, 5) is 2.16. The van der Waals surface area contributed by atoms with Crippen molar-refractivity contribution >= 4 is 0 Å². The maximum absolute atomic E-state index is 10.2. The van der Waals surface area contributed by atoms with Gasteiger partial charge in [0, 0.05) is 24.9 Å². The van der Waals surface area contributed by atoms with Gasteiger partial charge in [-0.1, -0.05) is 42.5 Å². The van der Waals surface area contributed by atoms with Gasteiger partial charge in [-0.3, -0.25) is 0 Å². The molecular formula is C26H23N5O. The Kier molecular flexibility index (Phi) is 5.69. The van der Waals surface area contributed by atoms with Crippen LogP contribution >= 0.6 is 0 Å². The lowest BCUT2D eigenvalue weighted by Crippen LogP contribution is -2.53. The van der Waals surface area contributed by atoms with Crippen LogP contribution in [0.15, 0.2) is 78.0 Å². The summed E-state index contributed by atoms with van der Waals surface area (Å²) in [6.07, 6.45) is 3.89. The number of nitriles is 3. The van der Waals surface area contributed by atoms with E-state index < -0.39 is 17.4 Å². The minimum atomic E-state index is -1.56. The predicted octanol–water partition coefficient (Wildman–Crippen LogP) is 3.62. The second-order valence-electron chi connectivity index (χ2n) is 8.14. The first-order chi connectivity index (χ1) is 15.6. The fourth-order valence-electron chi connectivity index (χ4n) is 4.89. The molecule has 32 heavy (non-hydrogen) atoms. The molecule has 1 aliphatic carbocycles. The van der Waals surface area contributed by atoms with Crippen molar-refractivity contribution in [3.8, 4) is 24.0 Å². The van der Waals surface area contributed by atoms with Gasteiger partial charge in [0.1, 0.15) is 5.75 Å². The molecule has 0 saturated heterocycles. The van der Waals surface area contributed by atoms with Gasteiger partial charge in [-0.15, -0.1) is 0 Å². The minimum absolute atomic E-state index is 0.231. The molecule has 0 spiro atoms. The first-order valence-electron chi connectivity index (χ1n) is 10.4. The van der Waals surface area contributed by atoms with E-state index in [1.54, 1.807) is 7.11 Å². The number of hydrogen-bond acceptors (Lipinski definition) is 6. The molecule has 2 aromatic rings. The lowest BCUT2D eigenvalue weighted by molar-refractivity contribution is 0.211. The molecule has 6 nitrogen and oxygen atoms in total. The molecule has 0 bridgehead atoms. The molecule has 2 aliphatic rings. The zero-order valence-corrected chi connectivity index (χ0v) is 17.8. The average Bonchev–Trinajstić information content (AvgIpc) is 2.84. The van der Waals surface area contributed by atoms with Gasteiger partial charge < -0.3 is 15.4 Å². The topological polar surface area (TPSA) is 110 Å². The monoisotopic (exact) mass is 421 g/mol. The van der Waals surface area contributed by atoms with Gasteiger partial charge in [-0.25, -0.2) is 0 Å².